The molecule has 2 aromatic heterocycles. The summed E-state index contributed by atoms with van der Waals surface area (Å²) in [5.41, 5.74) is 13.2. The van der Waals surface area contributed by atoms with E-state index in [0.29, 0.717) is 31.9 Å². The fourth-order valence-corrected chi connectivity index (χ4v) is 5.86. The molecule has 1 aliphatic rings. The number of carbonyl (C=O) groups is 1. The van der Waals surface area contributed by atoms with Crippen LogP contribution in [0.2, 0.25) is 5.15 Å². The van der Waals surface area contributed by atoms with Gasteiger partial charge < -0.3 is 40.2 Å². The molecular formula is C25H35ClN7O6P. The van der Waals surface area contributed by atoms with Crippen LogP contribution in [0.3, 0.4) is 0 Å². The number of carbonyl (C=O) groups excluding carboxylic acids is 1. The van der Waals surface area contributed by atoms with Crippen LogP contribution in [0.5, 0.6) is 5.75 Å². The summed E-state index contributed by atoms with van der Waals surface area (Å²) < 4.78 is 32.8. The second-order valence-electron chi connectivity index (χ2n) is 9.34. The topological polar surface area (TPSA) is 184 Å². The van der Waals surface area contributed by atoms with Crippen LogP contribution in [0.15, 0.2) is 18.2 Å². The molecule has 2 atom stereocenters. The summed E-state index contributed by atoms with van der Waals surface area (Å²) in [5.74, 6) is 0.784. The first-order valence-corrected chi connectivity index (χ1v) is 15.3. The van der Waals surface area contributed by atoms with Gasteiger partial charge in [0.1, 0.15) is 19.9 Å². The Labute approximate surface area is 237 Å². The van der Waals surface area contributed by atoms with Gasteiger partial charge >= 0.3 is 0 Å². The number of amides is 1. The van der Waals surface area contributed by atoms with E-state index in [-0.39, 0.29) is 54.5 Å². The van der Waals surface area contributed by atoms with Crippen molar-refractivity contribution in [3.05, 3.63) is 34.9 Å². The number of rotatable bonds is 13. The standard InChI is InChI=1S/C25H35ClN7O6P/c1-3-32-18-9-8-16(37-11-6-12-40(35,36)39-15-17-7-5-10-38-17)13-19(18)33(4-2)20(32)14-29-25(34)21-23(27)31-24(28)22(26)30-21/h8-9,13,17H,3-7,10-12,14-15H2,1-2H3,(H5-,27,28,29,31,34,35,36)/t17-/m1/s1. The zero-order valence-corrected chi connectivity index (χ0v) is 24.2. The van der Waals surface area contributed by atoms with E-state index in [1.54, 1.807) is 0 Å². The summed E-state index contributed by atoms with van der Waals surface area (Å²) in [4.78, 5) is 32.8. The smallest absolute Gasteiger partial charge is 0.277 e. The molecule has 0 radical (unpaired) electrons. The maximum Gasteiger partial charge on any atom is 0.277 e. The molecule has 1 amide bonds. The van der Waals surface area contributed by atoms with Crippen LogP contribution >= 0.6 is 19.2 Å². The number of imidazole rings is 1. The van der Waals surface area contributed by atoms with Crippen molar-refractivity contribution in [3.63, 3.8) is 0 Å². The number of ether oxygens (including phenoxy) is 2. The van der Waals surface area contributed by atoms with Gasteiger partial charge in [-0.05, 0) is 45.2 Å². The molecule has 0 spiro atoms. The number of nitrogens with one attached hydrogen (secondary N) is 1. The van der Waals surface area contributed by atoms with Crippen LogP contribution in [0, 0.1) is 0 Å². The molecule has 15 heteroatoms. The van der Waals surface area contributed by atoms with E-state index >= 15 is 0 Å². The number of fused-ring (bicyclic) bond motifs is 1. The fourth-order valence-electron chi connectivity index (χ4n) is 4.69. The molecule has 40 heavy (non-hydrogen) atoms. The maximum absolute atomic E-state index is 12.8. The number of halogens is 1. The predicted molar refractivity (Wildman–Crippen MR) is 148 cm³/mol. The SMILES string of the molecule is CCn1c(CNC(=O)c2nc(Cl)c(N)nc2N)[n+](CC)c2ccc(OCCCP(=O)([O-])OC[C@H]3CCCO3)cc21. The Balaban J connectivity index is 1.41. The Kier molecular flexibility index (Phi) is 9.85. The van der Waals surface area contributed by atoms with E-state index in [0.717, 1.165) is 29.7 Å². The van der Waals surface area contributed by atoms with E-state index in [9.17, 15) is 14.3 Å². The zero-order chi connectivity index (χ0) is 28.9. The van der Waals surface area contributed by atoms with Crippen LogP contribution in [0.1, 0.15) is 49.4 Å². The lowest BCUT2D eigenvalue weighted by molar-refractivity contribution is -0.676. The number of nitrogen functional groups attached to an aromatic ring is 2. The summed E-state index contributed by atoms with van der Waals surface area (Å²) in [6, 6.07) is 5.69. The third-order valence-corrected chi connectivity index (χ3v) is 8.32. The van der Waals surface area contributed by atoms with Gasteiger partial charge in [-0.1, -0.05) is 11.6 Å². The van der Waals surface area contributed by atoms with E-state index in [1.165, 1.54) is 0 Å². The highest BCUT2D eigenvalue weighted by Gasteiger charge is 2.25. The average molecular weight is 596 g/mol. The first-order valence-electron chi connectivity index (χ1n) is 13.2. The highest BCUT2D eigenvalue weighted by atomic mass is 35.5. The number of aromatic nitrogens is 4. The van der Waals surface area contributed by atoms with E-state index in [1.807, 2.05) is 32.0 Å². The number of hydrogen-bond acceptors (Lipinski definition) is 10. The second-order valence-corrected chi connectivity index (χ2v) is 11.6. The predicted octanol–water partition coefficient (Wildman–Crippen LogP) is 2.02. The van der Waals surface area contributed by atoms with Crippen molar-refractivity contribution in [1.82, 2.24) is 19.9 Å². The molecule has 0 bridgehead atoms. The molecule has 4 rings (SSSR count). The first kappa shape index (κ1) is 30.0. The molecule has 3 aromatic rings. The molecule has 3 heterocycles. The van der Waals surface area contributed by atoms with Crippen molar-refractivity contribution in [1.29, 1.82) is 0 Å². The van der Waals surface area contributed by atoms with E-state index in [4.69, 9.17) is 37.1 Å². The number of hydrogen-bond donors (Lipinski definition) is 3. The minimum atomic E-state index is -3.95. The third-order valence-electron chi connectivity index (χ3n) is 6.64. The van der Waals surface area contributed by atoms with Gasteiger partial charge in [0, 0.05) is 18.8 Å². The Morgan fingerprint density at radius 1 is 1.32 bits per heavy atom. The van der Waals surface area contributed by atoms with Crippen LogP contribution in [-0.2, 0) is 33.5 Å². The van der Waals surface area contributed by atoms with Gasteiger partial charge in [-0.25, -0.2) is 19.1 Å². The van der Waals surface area contributed by atoms with E-state index < -0.39 is 13.5 Å². The van der Waals surface area contributed by atoms with Gasteiger partial charge in [0.25, 0.3) is 11.7 Å². The van der Waals surface area contributed by atoms with Crippen LogP contribution in [0.4, 0.5) is 11.6 Å². The number of anilines is 2. The van der Waals surface area contributed by atoms with Gasteiger partial charge in [-0.3, -0.25) is 4.79 Å². The monoisotopic (exact) mass is 595 g/mol. The number of nitrogens with two attached hydrogens (primary N) is 2. The lowest BCUT2D eigenvalue weighted by Gasteiger charge is -2.24. The Morgan fingerprint density at radius 3 is 2.83 bits per heavy atom. The van der Waals surface area contributed by atoms with Gasteiger partial charge in [-0.15, -0.1) is 0 Å². The number of nitrogens with zero attached hydrogens (tertiary/aromatic N) is 4. The summed E-state index contributed by atoms with van der Waals surface area (Å²) >= 11 is 5.92. The summed E-state index contributed by atoms with van der Waals surface area (Å²) in [7, 11) is -3.95. The summed E-state index contributed by atoms with van der Waals surface area (Å²) in [6.45, 7) is 6.45. The molecule has 1 saturated heterocycles. The number of benzene rings is 1. The number of aryl methyl sites for hydroxylation is 2. The van der Waals surface area contributed by atoms with Crippen molar-refractivity contribution in [2.24, 2.45) is 0 Å². The molecule has 1 aliphatic heterocycles. The molecule has 0 saturated carbocycles. The Morgan fingerprint density at radius 2 is 2.12 bits per heavy atom. The minimum Gasteiger partial charge on any atom is -0.778 e. The van der Waals surface area contributed by atoms with Crippen LogP contribution < -0.4 is 31.0 Å². The molecule has 218 valence electrons. The highest BCUT2D eigenvalue weighted by molar-refractivity contribution is 7.51. The lowest BCUT2D eigenvalue weighted by atomic mass is 10.2. The van der Waals surface area contributed by atoms with Crippen LogP contribution in [0.25, 0.3) is 11.0 Å². The van der Waals surface area contributed by atoms with Crippen molar-refractivity contribution < 1.29 is 32.8 Å². The van der Waals surface area contributed by atoms with Gasteiger partial charge in [0.2, 0.25) is 0 Å². The van der Waals surface area contributed by atoms with Crippen molar-refractivity contribution >= 4 is 47.8 Å². The average Bonchev–Trinajstić information content (AvgIpc) is 3.56. The van der Waals surface area contributed by atoms with Gasteiger partial charge in [-0.2, -0.15) is 0 Å². The molecule has 1 fully saturated rings. The van der Waals surface area contributed by atoms with Crippen molar-refractivity contribution in [2.75, 3.05) is 37.4 Å². The molecule has 1 unspecified atom stereocenters. The summed E-state index contributed by atoms with van der Waals surface area (Å²) in [5, 5.41) is 2.75. The first-order chi connectivity index (χ1) is 19.1. The highest BCUT2D eigenvalue weighted by Crippen LogP contribution is 2.38. The van der Waals surface area contributed by atoms with Crippen molar-refractivity contribution in [2.45, 2.75) is 58.8 Å². The molecule has 5 N–H and O–H groups in total. The van der Waals surface area contributed by atoms with E-state index in [2.05, 4.69) is 24.4 Å². The summed E-state index contributed by atoms with van der Waals surface area (Å²) in [6.07, 6.45) is 1.78. The zero-order valence-electron chi connectivity index (χ0n) is 22.6. The van der Waals surface area contributed by atoms with Gasteiger partial charge in [0.15, 0.2) is 33.5 Å². The Hall–Kier alpha value is -2.96. The quantitative estimate of drug-likeness (QED) is 0.150. The molecule has 13 nitrogen and oxygen atoms in total. The fraction of sp³-hybridized carbons (Fsp3) is 0.520. The van der Waals surface area contributed by atoms with Crippen molar-refractivity contribution in [3.8, 4) is 5.75 Å². The minimum absolute atomic E-state index is 0.0477. The Bertz CT molecular complexity index is 1410. The third kappa shape index (κ3) is 7.02. The second kappa shape index (κ2) is 13.1. The normalized spacial score (nSPS) is 16.8. The molecule has 0 aliphatic carbocycles. The van der Waals surface area contributed by atoms with Crippen LogP contribution in [-0.4, -0.2) is 52.5 Å². The largest absolute Gasteiger partial charge is 0.778 e. The lowest BCUT2D eigenvalue weighted by Crippen LogP contribution is -2.40. The molecule has 1 aromatic carbocycles. The maximum atomic E-state index is 12.8. The van der Waals surface area contributed by atoms with Gasteiger partial charge in [0.05, 0.1) is 32.4 Å². The molecular weight excluding hydrogens is 561 g/mol.